The number of nitrogens with zero attached hydrogens (tertiary/aromatic N) is 4. The summed E-state index contributed by atoms with van der Waals surface area (Å²) < 4.78 is 1.62. The molecule has 2 rings (SSSR count). The Balaban J connectivity index is 1.97. The van der Waals surface area contributed by atoms with Crippen molar-refractivity contribution in [2.75, 3.05) is 0 Å². The Kier molecular flexibility index (Phi) is 3.17. The quantitative estimate of drug-likeness (QED) is 0.797. The molecule has 0 amide bonds. The average Bonchev–Trinajstić information content (AvgIpc) is 2.59. The van der Waals surface area contributed by atoms with Crippen LogP contribution in [-0.2, 0) is 17.8 Å². The molecule has 1 unspecified atom stereocenters. The second-order valence-electron chi connectivity index (χ2n) is 4.52. The van der Waals surface area contributed by atoms with Gasteiger partial charge in [0.25, 0.3) is 0 Å². The van der Waals surface area contributed by atoms with Gasteiger partial charge in [-0.15, -0.1) is 5.10 Å². The Hall–Kier alpha value is -1.46. The van der Waals surface area contributed by atoms with Crippen LogP contribution in [0.25, 0.3) is 0 Å². The molecule has 1 atom stereocenters. The number of carboxylic acid groups (broad SMARTS) is 1. The number of carboxylic acids is 1. The van der Waals surface area contributed by atoms with E-state index in [0.717, 1.165) is 12.2 Å². The van der Waals surface area contributed by atoms with Crippen molar-refractivity contribution in [1.82, 2.24) is 20.2 Å². The van der Waals surface area contributed by atoms with Gasteiger partial charge in [-0.2, -0.15) is 0 Å². The van der Waals surface area contributed by atoms with Gasteiger partial charge in [0, 0.05) is 6.42 Å². The molecule has 1 aromatic heterocycles. The molecule has 0 aromatic carbocycles. The zero-order valence-corrected chi connectivity index (χ0v) is 9.33. The lowest BCUT2D eigenvalue weighted by molar-refractivity contribution is -0.141. The highest BCUT2D eigenvalue weighted by Gasteiger charge is 2.22. The first-order chi connectivity index (χ1) is 7.66. The van der Waals surface area contributed by atoms with E-state index in [9.17, 15) is 4.79 Å². The van der Waals surface area contributed by atoms with Gasteiger partial charge in [-0.05, 0) is 16.3 Å². The summed E-state index contributed by atoms with van der Waals surface area (Å²) in [7, 11) is 0. The van der Waals surface area contributed by atoms with E-state index in [1.165, 1.54) is 19.3 Å². The topological polar surface area (TPSA) is 80.9 Å². The van der Waals surface area contributed by atoms with Gasteiger partial charge < -0.3 is 5.11 Å². The fourth-order valence-electron chi connectivity index (χ4n) is 1.80. The third-order valence-corrected chi connectivity index (χ3v) is 3.17. The van der Waals surface area contributed by atoms with Crippen LogP contribution in [0.1, 0.15) is 32.0 Å². The van der Waals surface area contributed by atoms with Crippen molar-refractivity contribution in [3.8, 4) is 0 Å². The lowest BCUT2D eigenvalue weighted by atomic mass is 9.83. The Morgan fingerprint density at radius 3 is 2.94 bits per heavy atom. The first kappa shape index (κ1) is 11.0. The molecule has 0 radical (unpaired) electrons. The predicted molar refractivity (Wildman–Crippen MR) is 55.7 cm³/mol. The third-order valence-electron chi connectivity index (χ3n) is 3.17. The molecule has 1 heterocycles. The minimum absolute atomic E-state index is 0.352. The number of carbonyl (C=O) groups is 1. The summed E-state index contributed by atoms with van der Waals surface area (Å²) in [6, 6.07) is 0. The molecular formula is C10H16N4O2. The summed E-state index contributed by atoms with van der Waals surface area (Å²) in [5.41, 5.74) is 0. The van der Waals surface area contributed by atoms with Crippen LogP contribution < -0.4 is 0 Å². The number of rotatable bonds is 5. The maximum Gasteiger partial charge on any atom is 0.308 e. The van der Waals surface area contributed by atoms with Crippen LogP contribution in [0.15, 0.2) is 0 Å². The third kappa shape index (κ3) is 2.37. The molecule has 1 fully saturated rings. The standard InChI is InChI=1S/C10H16N4O2/c1-7(10(15)16)6-14-9(11-12-13-14)5-8-3-2-4-8/h7-8H,2-6H2,1H3,(H,15,16). The molecule has 1 aromatic rings. The summed E-state index contributed by atoms with van der Waals surface area (Å²) in [6.45, 7) is 2.02. The maximum atomic E-state index is 10.7. The van der Waals surface area contributed by atoms with Crippen LogP contribution in [0.2, 0.25) is 0 Å². The Bertz CT molecular complexity index is 373. The zero-order chi connectivity index (χ0) is 11.5. The number of aromatic nitrogens is 4. The lowest BCUT2D eigenvalue weighted by Crippen LogP contribution is -2.22. The summed E-state index contributed by atoms with van der Waals surface area (Å²) >= 11 is 0. The van der Waals surface area contributed by atoms with Gasteiger partial charge in [-0.3, -0.25) is 4.79 Å². The second kappa shape index (κ2) is 4.59. The van der Waals surface area contributed by atoms with Gasteiger partial charge in [-0.1, -0.05) is 26.2 Å². The van der Waals surface area contributed by atoms with Gasteiger partial charge >= 0.3 is 5.97 Å². The minimum Gasteiger partial charge on any atom is -0.481 e. The first-order valence-electron chi connectivity index (χ1n) is 5.64. The SMILES string of the molecule is CC(Cn1nnnc1CC1CCC1)C(=O)O. The van der Waals surface area contributed by atoms with Gasteiger partial charge in [0.15, 0.2) is 5.82 Å². The highest BCUT2D eigenvalue weighted by atomic mass is 16.4. The Labute approximate surface area is 93.6 Å². The number of aliphatic carboxylic acids is 1. The molecular weight excluding hydrogens is 208 g/mol. The van der Waals surface area contributed by atoms with Crippen LogP contribution in [0, 0.1) is 11.8 Å². The fraction of sp³-hybridized carbons (Fsp3) is 0.800. The number of hydrogen-bond donors (Lipinski definition) is 1. The number of hydrogen-bond acceptors (Lipinski definition) is 4. The van der Waals surface area contributed by atoms with E-state index in [1.54, 1.807) is 11.6 Å². The van der Waals surface area contributed by atoms with Gasteiger partial charge in [0.2, 0.25) is 0 Å². The highest BCUT2D eigenvalue weighted by molar-refractivity contribution is 5.69. The second-order valence-corrected chi connectivity index (χ2v) is 4.52. The van der Waals surface area contributed by atoms with E-state index in [0.29, 0.717) is 12.5 Å². The molecule has 88 valence electrons. The summed E-state index contributed by atoms with van der Waals surface area (Å²) in [5, 5.41) is 20.2. The van der Waals surface area contributed by atoms with Crippen molar-refractivity contribution in [2.24, 2.45) is 11.8 Å². The summed E-state index contributed by atoms with van der Waals surface area (Å²) in [6.07, 6.45) is 4.64. The van der Waals surface area contributed by atoms with E-state index in [2.05, 4.69) is 15.5 Å². The van der Waals surface area contributed by atoms with Crippen molar-refractivity contribution in [2.45, 2.75) is 39.2 Å². The minimum atomic E-state index is -0.815. The van der Waals surface area contributed by atoms with E-state index < -0.39 is 11.9 Å². The van der Waals surface area contributed by atoms with Crippen molar-refractivity contribution >= 4 is 5.97 Å². The van der Waals surface area contributed by atoms with Crippen molar-refractivity contribution in [1.29, 1.82) is 0 Å². The van der Waals surface area contributed by atoms with E-state index in [4.69, 9.17) is 5.11 Å². The van der Waals surface area contributed by atoms with E-state index >= 15 is 0 Å². The smallest absolute Gasteiger partial charge is 0.308 e. The molecule has 16 heavy (non-hydrogen) atoms. The number of tetrazole rings is 1. The normalized spacial score (nSPS) is 18.1. The van der Waals surface area contributed by atoms with Gasteiger partial charge in [0.1, 0.15) is 0 Å². The molecule has 0 aliphatic heterocycles. The fourth-order valence-corrected chi connectivity index (χ4v) is 1.80. The van der Waals surface area contributed by atoms with Crippen molar-refractivity contribution in [3.05, 3.63) is 5.82 Å². The molecule has 6 heteroatoms. The Morgan fingerprint density at radius 1 is 1.62 bits per heavy atom. The molecule has 0 bridgehead atoms. The first-order valence-corrected chi connectivity index (χ1v) is 5.64. The molecule has 6 nitrogen and oxygen atoms in total. The van der Waals surface area contributed by atoms with Crippen LogP contribution in [0.4, 0.5) is 0 Å². The molecule has 1 aliphatic carbocycles. The zero-order valence-electron chi connectivity index (χ0n) is 9.33. The van der Waals surface area contributed by atoms with Gasteiger partial charge in [-0.25, -0.2) is 4.68 Å². The lowest BCUT2D eigenvalue weighted by Gasteiger charge is -2.24. The van der Waals surface area contributed by atoms with Crippen LogP contribution in [-0.4, -0.2) is 31.3 Å². The van der Waals surface area contributed by atoms with E-state index in [1.807, 2.05) is 0 Å². The average molecular weight is 224 g/mol. The molecule has 1 N–H and O–H groups in total. The molecule has 0 saturated heterocycles. The van der Waals surface area contributed by atoms with Crippen molar-refractivity contribution in [3.63, 3.8) is 0 Å². The maximum absolute atomic E-state index is 10.7. The van der Waals surface area contributed by atoms with Crippen molar-refractivity contribution < 1.29 is 9.90 Å². The monoisotopic (exact) mass is 224 g/mol. The summed E-state index contributed by atoms with van der Waals surface area (Å²) in [5.74, 6) is 0.233. The summed E-state index contributed by atoms with van der Waals surface area (Å²) in [4.78, 5) is 10.7. The van der Waals surface area contributed by atoms with Crippen LogP contribution in [0.3, 0.4) is 0 Å². The largest absolute Gasteiger partial charge is 0.481 e. The molecule has 1 saturated carbocycles. The highest BCUT2D eigenvalue weighted by Crippen LogP contribution is 2.29. The molecule has 0 spiro atoms. The van der Waals surface area contributed by atoms with Crippen LogP contribution >= 0.6 is 0 Å². The van der Waals surface area contributed by atoms with Crippen LogP contribution in [0.5, 0.6) is 0 Å². The Morgan fingerprint density at radius 2 is 2.38 bits per heavy atom. The predicted octanol–water partition coefficient (Wildman–Crippen LogP) is 0.736. The van der Waals surface area contributed by atoms with E-state index in [-0.39, 0.29) is 0 Å². The molecule has 1 aliphatic rings. The van der Waals surface area contributed by atoms with Gasteiger partial charge in [0.05, 0.1) is 12.5 Å².